The van der Waals surface area contributed by atoms with E-state index < -0.39 is 10.0 Å². The van der Waals surface area contributed by atoms with E-state index in [1.54, 1.807) is 16.7 Å². The molecule has 0 unspecified atom stereocenters. The molecule has 2 aromatic rings. The van der Waals surface area contributed by atoms with Crippen molar-refractivity contribution >= 4 is 10.0 Å². The van der Waals surface area contributed by atoms with Gasteiger partial charge in [0.05, 0.1) is 11.2 Å². The molecule has 0 bridgehead atoms. The van der Waals surface area contributed by atoms with E-state index in [1.807, 2.05) is 12.1 Å². The van der Waals surface area contributed by atoms with Crippen molar-refractivity contribution in [3.8, 4) is 11.4 Å². The third-order valence-electron chi connectivity index (χ3n) is 4.19. The minimum absolute atomic E-state index is 0.0170. The second-order valence-corrected chi connectivity index (χ2v) is 7.99. The average Bonchev–Trinajstić information content (AvgIpc) is 3.09. The van der Waals surface area contributed by atoms with Crippen LogP contribution in [0.1, 0.15) is 31.1 Å². The largest absolute Gasteiger partial charge is 0.339 e. The summed E-state index contributed by atoms with van der Waals surface area (Å²) < 4.78 is 31.4. The first kappa shape index (κ1) is 13.8. The summed E-state index contributed by atoms with van der Waals surface area (Å²) in [5.74, 6) is 1.01. The summed E-state index contributed by atoms with van der Waals surface area (Å²) in [5.41, 5.74) is 0.838. The Hall–Kier alpha value is -1.80. The maximum absolute atomic E-state index is 12.3. The van der Waals surface area contributed by atoms with E-state index in [-0.39, 0.29) is 11.2 Å². The molecule has 4 rings (SSSR count). The van der Waals surface area contributed by atoms with Crippen LogP contribution in [-0.2, 0) is 10.0 Å². The molecule has 1 saturated carbocycles. The number of sulfonamides is 1. The van der Waals surface area contributed by atoms with E-state index in [0.717, 1.165) is 24.8 Å². The maximum atomic E-state index is 12.3. The first-order valence-electron chi connectivity index (χ1n) is 7.37. The predicted molar refractivity (Wildman–Crippen MR) is 78.4 cm³/mol. The lowest BCUT2D eigenvalue weighted by atomic mass is 10.1. The topological polar surface area (TPSA) is 89.2 Å². The Morgan fingerprint density at radius 1 is 1.18 bits per heavy atom. The highest BCUT2D eigenvalue weighted by Gasteiger charge is 2.43. The Bertz CT molecular complexity index is 770. The van der Waals surface area contributed by atoms with Gasteiger partial charge in [0.25, 0.3) is 0 Å². The second kappa shape index (κ2) is 5.13. The van der Waals surface area contributed by atoms with Crippen molar-refractivity contribution in [2.45, 2.75) is 30.4 Å². The quantitative estimate of drug-likeness (QED) is 0.846. The fourth-order valence-corrected chi connectivity index (χ4v) is 4.66. The van der Waals surface area contributed by atoms with Gasteiger partial charge in [0.15, 0.2) is 0 Å². The minimum Gasteiger partial charge on any atom is -0.339 e. The smallest absolute Gasteiger partial charge is 0.231 e. The molecule has 1 atom stereocenters. The number of rotatable bonds is 4. The fraction of sp³-hybridized carbons (Fsp3) is 0.500. The molecule has 0 aromatic carbocycles. The van der Waals surface area contributed by atoms with E-state index in [9.17, 15) is 8.42 Å². The van der Waals surface area contributed by atoms with Crippen LogP contribution >= 0.6 is 0 Å². The summed E-state index contributed by atoms with van der Waals surface area (Å²) in [6.45, 7) is 0.979. The zero-order valence-electron chi connectivity index (χ0n) is 11.9. The van der Waals surface area contributed by atoms with E-state index >= 15 is 0 Å². The van der Waals surface area contributed by atoms with Crippen molar-refractivity contribution in [3.05, 3.63) is 30.4 Å². The molecule has 3 heterocycles. The van der Waals surface area contributed by atoms with Crippen LogP contribution in [0.15, 0.2) is 29.0 Å². The highest BCUT2D eigenvalue weighted by molar-refractivity contribution is 7.90. The van der Waals surface area contributed by atoms with Gasteiger partial charge in [-0.3, -0.25) is 4.98 Å². The third kappa shape index (κ3) is 2.42. The Balaban J connectivity index is 1.51. The third-order valence-corrected chi connectivity index (χ3v) is 6.55. The van der Waals surface area contributed by atoms with E-state index in [1.165, 1.54) is 0 Å². The Labute approximate surface area is 128 Å². The number of pyridine rings is 1. The first-order valence-corrected chi connectivity index (χ1v) is 8.88. The molecule has 2 fully saturated rings. The summed E-state index contributed by atoms with van der Waals surface area (Å²) in [6.07, 6.45) is 5.65. The highest BCUT2D eigenvalue weighted by atomic mass is 32.2. The lowest BCUT2D eigenvalue weighted by molar-refractivity contribution is 0.354. The van der Waals surface area contributed by atoms with Crippen LogP contribution in [0, 0.1) is 0 Å². The van der Waals surface area contributed by atoms with Crippen LogP contribution in [0.25, 0.3) is 11.4 Å². The summed E-state index contributed by atoms with van der Waals surface area (Å²) in [5, 5.41) is 3.82. The zero-order valence-corrected chi connectivity index (χ0v) is 12.7. The first-order chi connectivity index (χ1) is 10.6. The number of aromatic nitrogens is 3. The van der Waals surface area contributed by atoms with Gasteiger partial charge in [-0.25, -0.2) is 12.7 Å². The molecule has 22 heavy (non-hydrogen) atoms. The minimum atomic E-state index is -3.12. The van der Waals surface area contributed by atoms with Crippen molar-refractivity contribution in [3.63, 3.8) is 0 Å². The lowest BCUT2D eigenvalue weighted by Crippen LogP contribution is -2.31. The van der Waals surface area contributed by atoms with Crippen LogP contribution in [-0.4, -0.2) is 46.2 Å². The van der Waals surface area contributed by atoms with Crippen molar-refractivity contribution < 1.29 is 12.9 Å². The summed E-state index contributed by atoms with van der Waals surface area (Å²) in [6, 6.07) is 3.63. The Morgan fingerprint density at radius 2 is 1.95 bits per heavy atom. The van der Waals surface area contributed by atoms with Gasteiger partial charge in [0.1, 0.15) is 0 Å². The van der Waals surface area contributed by atoms with Crippen LogP contribution in [0.3, 0.4) is 0 Å². The maximum Gasteiger partial charge on any atom is 0.231 e. The molecule has 8 heteroatoms. The Morgan fingerprint density at radius 3 is 2.68 bits per heavy atom. The molecule has 2 aliphatic rings. The van der Waals surface area contributed by atoms with Crippen molar-refractivity contribution in [2.75, 3.05) is 13.1 Å². The molecule has 0 N–H and O–H groups in total. The van der Waals surface area contributed by atoms with E-state index in [4.69, 9.17) is 4.52 Å². The van der Waals surface area contributed by atoms with Gasteiger partial charge in [-0.2, -0.15) is 4.98 Å². The van der Waals surface area contributed by atoms with Gasteiger partial charge >= 0.3 is 0 Å². The molecule has 2 aromatic heterocycles. The van der Waals surface area contributed by atoms with Gasteiger partial charge in [0.2, 0.25) is 21.7 Å². The molecular weight excluding hydrogens is 304 g/mol. The molecule has 1 aliphatic carbocycles. The summed E-state index contributed by atoms with van der Waals surface area (Å²) >= 11 is 0. The molecular formula is C14H16N4O3S. The molecule has 1 saturated heterocycles. The van der Waals surface area contributed by atoms with Crippen molar-refractivity contribution in [2.24, 2.45) is 0 Å². The van der Waals surface area contributed by atoms with Gasteiger partial charge in [-0.1, -0.05) is 5.16 Å². The SMILES string of the molecule is O=S(=O)(C1CC1)N1CC[C@@H](c2nc(-c3ccncc3)no2)C1. The van der Waals surface area contributed by atoms with Crippen molar-refractivity contribution in [1.29, 1.82) is 0 Å². The molecule has 0 amide bonds. The van der Waals surface area contributed by atoms with E-state index in [0.29, 0.717) is 24.8 Å². The zero-order chi connectivity index (χ0) is 15.2. The molecule has 116 valence electrons. The lowest BCUT2D eigenvalue weighted by Gasteiger charge is -2.14. The van der Waals surface area contributed by atoms with Gasteiger partial charge < -0.3 is 4.52 Å². The average molecular weight is 320 g/mol. The summed E-state index contributed by atoms with van der Waals surface area (Å²) in [4.78, 5) is 8.37. The van der Waals surface area contributed by atoms with Gasteiger partial charge in [-0.15, -0.1) is 0 Å². The Kier molecular flexibility index (Phi) is 3.23. The molecule has 1 aliphatic heterocycles. The second-order valence-electron chi connectivity index (χ2n) is 5.78. The molecule has 7 nitrogen and oxygen atoms in total. The van der Waals surface area contributed by atoms with Crippen LogP contribution in [0.5, 0.6) is 0 Å². The number of hydrogen-bond acceptors (Lipinski definition) is 6. The summed E-state index contributed by atoms with van der Waals surface area (Å²) in [7, 11) is -3.12. The standard InChI is InChI=1S/C14H16N4O3S/c19-22(20,12-1-2-12)18-8-5-11(9-18)14-16-13(17-21-14)10-3-6-15-7-4-10/h3-4,6-7,11-12H,1-2,5,8-9H2/t11-/m1/s1. The number of hydrogen-bond donors (Lipinski definition) is 0. The van der Waals surface area contributed by atoms with Gasteiger partial charge in [-0.05, 0) is 31.4 Å². The highest BCUT2D eigenvalue weighted by Crippen LogP contribution is 2.36. The molecule has 0 radical (unpaired) electrons. The molecule has 0 spiro atoms. The predicted octanol–water partition coefficient (Wildman–Crippen LogP) is 1.41. The number of nitrogens with zero attached hydrogens (tertiary/aromatic N) is 4. The van der Waals surface area contributed by atoms with Gasteiger partial charge in [0, 0.05) is 31.0 Å². The fourth-order valence-electron chi connectivity index (χ4n) is 2.76. The van der Waals surface area contributed by atoms with Crippen LogP contribution < -0.4 is 0 Å². The van der Waals surface area contributed by atoms with Crippen LogP contribution in [0.2, 0.25) is 0 Å². The van der Waals surface area contributed by atoms with Crippen molar-refractivity contribution in [1.82, 2.24) is 19.4 Å². The monoisotopic (exact) mass is 320 g/mol. The normalized spacial score (nSPS) is 23.0. The van der Waals surface area contributed by atoms with E-state index in [2.05, 4.69) is 15.1 Å². The van der Waals surface area contributed by atoms with Crippen LogP contribution in [0.4, 0.5) is 0 Å².